The van der Waals surface area contributed by atoms with Crippen LogP contribution in [0.2, 0.25) is 0 Å². The number of anilines is 2. The molecule has 0 unspecified atom stereocenters. The number of hydrogen-bond donors (Lipinski definition) is 1. The fraction of sp³-hybridized carbons (Fsp3) is 0.273. The quantitative estimate of drug-likeness (QED) is 0.531. The Kier molecular flexibility index (Phi) is 4.33. The van der Waals surface area contributed by atoms with Crippen LogP contribution in [0.1, 0.15) is 11.3 Å². The number of rotatable bonds is 4. The molecule has 0 spiro atoms. The fourth-order valence-electron chi connectivity index (χ4n) is 4.21. The van der Waals surface area contributed by atoms with Gasteiger partial charge in [0, 0.05) is 56.2 Å². The van der Waals surface area contributed by atoms with Crippen LogP contribution in [0.5, 0.6) is 0 Å². The smallest absolute Gasteiger partial charge is 0.281 e. The van der Waals surface area contributed by atoms with Gasteiger partial charge in [0.2, 0.25) is 0 Å². The van der Waals surface area contributed by atoms with Gasteiger partial charge >= 0.3 is 0 Å². The Balaban J connectivity index is 1.63. The number of aryl methyl sites for hydroxylation is 3. The summed E-state index contributed by atoms with van der Waals surface area (Å²) >= 11 is 0. The first kappa shape index (κ1) is 19.6. The van der Waals surface area contributed by atoms with Crippen molar-refractivity contribution in [1.82, 2.24) is 19.3 Å². The highest BCUT2D eigenvalue weighted by atomic mass is 32.2. The highest BCUT2D eigenvalue weighted by Crippen LogP contribution is 2.36. The van der Waals surface area contributed by atoms with Crippen LogP contribution < -0.4 is 9.62 Å². The van der Waals surface area contributed by atoms with Gasteiger partial charge in [-0.2, -0.15) is 13.5 Å². The molecular formula is C22H24N6O2S. The molecule has 0 radical (unpaired) electrons. The average Bonchev–Trinajstić information content (AvgIpc) is 3.40. The summed E-state index contributed by atoms with van der Waals surface area (Å²) in [5, 5.41) is 4.76. The Morgan fingerprint density at radius 2 is 1.87 bits per heavy atom. The molecule has 8 nitrogen and oxygen atoms in total. The lowest BCUT2D eigenvalue weighted by Gasteiger charge is -2.13. The third-order valence-electron chi connectivity index (χ3n) is 5.84. The van der Waals surface area contributed by atoms with Gasteiger partial charge in [-0.3, -0.25) is 9.40 Å². The van der Waals surface area contributed by atoms with Gasteiger partial charge in [-0.15, -0.1) is 0 Å². The summed E-state index contributed by atoms with van der Waals surface area (Å²) in [4.78, 5) is 6.93. The lowest BCUT2D eigenvalue weighted by atomic mass is 10.1. The maximum absolute atomic E-state index is 12.9. The highest BCUT2D eigenvalue weighted by molar-refractivity contribution is 7.92. The second-order valence-corrected chi connectivity index (χ2v) is 9.71. The van der Waals surface area contributed by atoms with Crippen LogP contribution in [0.25, 0.3) is 22.3 Å². The van der Waals surface area contributed by atoms with E-state index in [1.54, 1.807) is 19.3 Å². The summed E-state index contributed by atoms with van der Waals surface area (Å²) in [5.74, 6) is 0. The average molecular weight is 437 g/mol. The number of nitrogens with one attached hydrogen (secondary N) is 1. The minimum atomic E-state index is -3.81. The molecular weight excluding hydrogens is 412 g/mol. The Labute approximate surface area is 181 Å². The summed E-state index contributed by atoms with van der Waals surface area (Å²) in [6, 6.07) is 11.7. The highest BCUT2D eigenvalue weighted by Gasteiger charge is 2.22. The normalized spacial score (nSPS) is 13.7. The number of hydrogen-bond acceptors (Lipinski definition) is 5. The van der Waals surface area contributed by atoms with E-state index in [0.29, 0.717) is 5.69 Å². The maximum Gasteiger partial charge on any atom is 0.281 e. The van der Waals surface area contributed by atoms with Crippen LogP contribution in [0.3, 0.4) is 0 Å². The molecule has 1 N–H and O–H groups in total. The van der Waals surface area contributed by atoms with Gasteiger partial charge in [0.05, 0.1) is 11.4 Å². The van der Waals surface area contributed by atoms with Gasteiger partial charge in [-0.25, -0.2) is 4.98 Å². The molecule has 0 fully saturated rings. The second kappa shape index (κ2) is 6.84. The van der Waals surface area contributed by atoms with E-state index in [4.69, 9.17) is 0 Å². The number of fused-ring (bicyclic) bond motifs is 2. The van der Waals surface area contributed by atoms with Gasteiger partial charge in [-0.1, -0.05) is 12.1 Å². The van der Waals surface area contributed by atoms with Gasteiger partial charge < -0.3 is 9.47 Å². The van der Waals surface area contributed by atoms with Crippen LogP contribution >= 0.6 is 0 Å². The first-order valence-corrected chi connectivity index (χ1v) is 11.6. The van der Waals surface area contributed by atoms with Crippen LogP contribution in [0.15, 0.2) is 47.6 Å². The van der Waals surface area contributed by atoms with Crippen LogP contribution in [-0.2, 0) is 30.5 Å². The molecule has 5 rings (SSSR count). The minimum absolute atomic E-state index is 0.0181. The van der Waals surface area contributed by atoms with Crippen LogP contribution in [0, 0.1) is 6.92 Å². The van der Waals surface area contributed by atoms with Crippen molar-refractivity contribution in [3.8, 4) is 11.3 Å². The van der Waals surface area contributed by atoms with Crippen LogP contribution in [0.4, 0.5) is 11.4 Å². The maximum atomic E-state index is 12.9. The number of benzene rings is 1. The summed E-state index contributed by atoms with van der Waals surface area (Å²) in [6.45, 7) is 2.88. The number of aromatic nitrogens is 4. The molecule has 0 amide bonds. The van der Waals surface area contributed by atoms with Crippen molar-refractivity contribution in [2.75, 3.05) is 23.2 Å². The van der Waals surface area contributed by atoms with Crippen molar-refractivity contribution in [1.29, 1.82) is 0 Å². The van der Waals surface area contributed by atoms with Gasteiger partial charge in [0.15, 0.2) is 5.03 Å². The molecule has 1 aliphatic rings. The van der Waals surface area contributed by atoms with E-state index in [9.17, 15) is 8.42 Å². The molecule has 0 aliphatic carbocycles. The second-order valence-electron chi connectivity index (χ2n) is 8.09. The van der Waals surface area contributed by atoms with Gasteiger partial charge in [-0.05, 0) is 43.2 Å². The Morgan fingerprint density at radius 1 is 1.06 bits per heavy atom. The molecule has 9 heteroatoms. The Hall–Kier alpha value is -3.33. The van der Waals surface area contributed by atoms with E-state index in [-0.39, 0.29) is 5.03 Å². The largest absolute Gasteiger partial charge is 0.374 e. The van der Waals surface area contributed by atoms with E-state index in [1.165, 1.54) is 22.0 Å². The third kappa shape index (κ3) is 3.25. The minimum Gasteiger partial charge on any atom is -0.374 e. The number of likely N-dealkylation sites (N-methyl/N-ethyl adjacent to an activating group) is 1. The molecule has 0 bridgehead atoms. The monoisotopic (exact) mass is 436 g/mol. The van der Waals surface area contributed by atoms with Crippen molar-refractivity contribution < 1.29 is 8.42 Å². The van der Waals surface area contributed by atoms with E-state index in [2.05, 4.69) is 45.0 Å². The predicted molar refractivity (Wildman–Crippen MR) is 122 cm³/mol. The zero-order chi connectivity index (χ0) is 21.9. The molecule has 4 aromatic rings. The molecule has 1 aromatic carbocycles. The summed E-state index contributed by atoms with van der Waals surface area (Å²) in [6.07, 6.45) is 2.66. The first-order valence-electron chi connectivity index (χ1n) is 10.1. The zero-order valence-corrected chi connectivity index (χ0v) is 18.7. The lowest BCUT2D eigenvalue weighted by molar-refractivity contribution is 0.593. The van der Waals surface area contributed by atoms with Crippen molar-refractivity contribution in [2.24, 2.45) is 14.1 Å². The van der Waals surface area contributed by atoms with Gasteiger partial charge in [0.1, 0.15) is 5.65 Å². The summed E-state index contributed by atoms with van der Waals surface area (Å²) in [5.41, 5.74) is 6.59. The Bertz CT molecular complexity index is 1430. The number of nitrogens with zero attached hydrogens (tertiary/aromatic N) is 5. The van der Waals surface area contributed by atoms with Crippen molar-refractivity contribution >= 4 is 32.4 Å². The lowest BCUT2D eigenvalue weighted by Crippen LogP contribution is -2.14. The molecule has 4 heterocycles. The standard InChI is InChI=1S/C22H24N6O2S/c1-14-11-18(25-31(29,30)21-8-10-27(3)24-21)17-13-20(28(4)22(17)23-14)16-6-5-15-7-9-26(2)19(15)12-16/h5-6,8,10-13H,7,9H2,1-4H3,(H,23,25). The summed E-state index contributed by atoms with van der Waals surface area (Å²) in [7, 11) is 1.94. The van der Waals surface area contributed by atoms with Crippen molar-refractivity contribution in [2.45, 2.75) is 18.4 Å². The molecule has 0 atom stereocenters. The molecule has 1 aliphatic heterocycles. The SMILES string of the molecule is Cc1cc(NS(=O)(=O)c2ccn(C)n2)c2cc(-c3ccc4c(c3)N(C)CC4)n(C)c2n1. The van der Waals surface area contributed by atoms with Gasteiger partial charge in [0.25, 0.3) is 10.0 Å². The predicted octanol–water partition coefficient (Wildman–Crippen LogP) is 3.08. The van der Waals surface area contributed by atoms with E-state index in [0.717, 1.165) is 41.0 Å². The van der Waals surface area contributed by atoms with Crippen LogP contribution in [-0.4, -0.2) is 41.3 Å². The molecule has 0 saturated carbocycles. The van der Waals surface area contributed by atoms with E-state index in [1.807, 2.05) is 24.6 Å². The molecule has 31 heavy (non-hydrogen) atoms. The summed E-state index contributed by atoms with van der Waals surface area (Å²) < 4.78 is 31.9. The van der Waals surface area contributed by atoms with Crippen molar-refractivity contribution in [3.63, 3.8) is 0 Å². The molecule has 0 saturated heterocycles. The molecule has 3 aromatic heterocycles. The molecule has 160 valence electrons. The Morgan fingerprint density at radius 3 is 2.61 bits per heavy atom. The topological polar surface area (TPSA) is 85.0 Å². The van der Waals surface area contributed by atoms with E-state index < -0.39 is 10.0 Å². The van der Waals surface area contributed by atoms with Crippen molar-refractivity contribution in [3.05, 3.63) is 53.9 Å². The first-order chi connectivity index (χ1) is 14.7. The third-order valence-corrected chi connectivity index (χ3v) is 7.10. The number of sulfonamides is 1. The fourth-order valence-corrected chi connectivity index (χ4v) is 5.25. The number of pyridine rings is 1. The zero-order valence-electron chi connectivity index (χ0n) is 17.9. The van der Waals surface area contributed by atoms with E-state index >= 15 is 0 Å².